The molecule has 0 radical (unpaired) electrons. The number of hydrogen-bond donors (Lipinski definition) is 2. The summed E-state index contributed by atoms with van der Waals surface area (Å²) in [6.45, 7) is 4.73. The summed E-state index contributed by atoms with van der Waals surface area (Å²) < 4.78 is 15.9. The Balaban J connectivity index is 1.67. The number of morpholine rings is 1. The van der Waals surface area contributed by atoms with E-state index in [0.717, 1.165) is 11.1 Å². The van der Waals surface area contributed by atoms with Crippen LogP contribution in [0.4, 0.5) is 4.79 Å². The maximum absolute atomic E-state index is 13.3. The zero-order chi connectivity index (χ0) is 24.9. The van der Waals surface area contributed by atoms with E-state index in [-0.39, 0.29) is 19.6 Å². The molecule has 2 N–H and O–H groups in total. The fraction of sp³-hybridized carbons (Fsp3) is 0.423. The van der Waals surface area contributed by atoms with Crippen LogP contribution in [0.2, 0.25) is 0 Å². The lowest BCUT2D eigenvalue weighted by molar-refractivity contribution is -0.148. The van der Waals surface area contributed by atoms with Crippen molar-refractivity contribution in [2.24, 2.45) is 0 Å². The number of ether oxygens (including phenoxy) is 3. The van der Waals surface area contributed by atoms with Crippen molar-refractivity contribution < 1.29 is 28.6 Å². The summed E-state index contributed by atoms with van der Waals surface area (Å²) in [7, 11) is 0. The van der Waals surface area contributed by atoms with Gasteiger partial charge in [-0.15, -0.1) is 0 Å². The average Bonchev–Trinajstić information content (AvgIpc) is 2.88. The van der Waals surface area contributed by atoms with Crippen LogP contribution < -0.4 is 10.6 Å². The summed E-state index contributed by atoms with van der Waals surface area (Å²) in [5.41, 5.74) is 1.69. The van der Waals surface area contributed by atoms with Crippen LogP contribution in [0.15, 0.2) is 60.7 Å². The Bertz CT molecular complexity index is 935. The quantitative estimate of drug-likeness (QED) is 0.470. The first-order valence-corrected chi connectivity index (χ1v) is 11.8. The normalized spacial score (nSPS) is 15.5. The van der Waals surface area contributed by atoms with Crippen LogP contribution in [-0.2, 0) is 36.8 Å². The Morgan fingerprint density at radius 2 is 1.51 bits per heavy atom. The van der Waals surface area contributed by atoms with Gasteiger partial charge in [0.05, 0.1) is 19.8 Å². The highest BCUT2D eigenvalue weighted by atomic mass is 16.5. The van der Waals surface area contributed by atoms with E-state index in [9.17, 15) is 14.4 Å². The molecule has 0 bridgehead atoms. The molecule has 9 nitrogen and oxygen atoms in total. The third-order valence-electron chi connectivity index (χ3n) is 5.54. The summed E-state index contributed by atoms with van der Waals surface area (Å²) in [5, 5.41) is 5.44. The first-order valence-electron chi connectivity index (χ1n) is 11.8. The van der Waals surface area contributed by atoms with Crippen molar-refractivity contribution in [2.45, 2.75) is 32.0 Å². The van der Waals surface area contributed by atoms with E-state index in [1.807, 2.05) is 65.6 Å². The Kier molecular flexibility index (Phi) is 10.5. The minimum absolute atomic E-state index is 0.0782. The zero-order valence-electron chi connectivity index (χ0n) is 20.0. The maximum atomic E-state index is 13.3. The van der Waals surface area contributed by atoms with E-state index in [2.05, 4.69) is 10.6 Å². The number of alkyl carbamates (subject to hydrolysis) is 1. The summed E-state index contributed by atoms with van der Waals surface area (Å²) in [5.74, 6) is -1.01. The molecular weight excluding hydrogens is 450 g/mol. The molecule has 2 unspecified atom stereocenters. The van der Waals surface area contributed by atoms with Crippen molar-refractivity contribution in [1.82, 2.24) is 15.5 Å². The van der Waals surface area contributed by atoms with Gasteiger partial charge >= 0.3 is 12.1 Å². The molecule has 0 saturated carbocycles. The van der Waals surface area contributed by atoms with Gasteiger partial charge in [-0.2, -0.15) is 0 Å². The fourth-order valence-electron chi connectivity index (χ4n) is 3.70. The van der Waals surface area contributed by atoms with Crippen molar-refractivity contribution >= 4 is 18.0 Å². The van der Waals surface area contributed by atoms with Crippen molar-refractivity contribution in [2.75, 3.05) is 39.5 Å². The van der Waals surface area contributed by atoms with Crippen LogP contribution in [0.1, 0.15) is 18.1 Å². The molecule has 1 fully saturated rings. The predicted octanol–water partition coefficient (Wildman–Crippen LogP) is 1.90. The molecule has 188 valence electrons. The van der Waals surface area contributed by atoms with E-state index in [1.54, 1.807) is 6.92 Å². The van der Waals surface area contributed by atoms with Gasteiger partial charge < -0.3 is 24.8 Å². The van der Waals surface area contributed by atoms with Crippen LogP contribution in [0.25, 0.3) is 0 Å². The summed E-state index contributed by atoms with van der Waals surface area (Å²) in [4.78, 5) is 40.5. The van der Waals surface area contributed by atoms with E-state index in [0.29, 0.717) is 32.8 Å². The van der Waals surface area contributed by atoms with Gasteiger partial charge in [0.1, 0.15) is 18.7 Å². The lowest BCUT2D eigenvalue weighted by Gasteiger charge is -2.30. The zero-order valence-corrected chi connectivity index (χ0v) is 20.0. The van der Waals surface area contributed by atoms with Gasteiger partial charge in [0.25, 0.3) is 0 Å². The second kappa shape index (κ2) is 14.1. The monoisotopic (exact) mass is 483 g/mol. The first kappa shape index (κ1) is 26.2. The molecule has 1 aliphatic rings. The van der Waals surface area contributed by atoms with Crippen LogP contribution in [-0.4, -0.2) is 74.4 Å². The molecule has 3 rings (SSSR count). The molecule has 2 aromatic rings. The van der Waals surface area contributed by atoms with E-state index >= 15 is 0 Å². The number of nitrogens with zero attached hydrogens (tertiary/aromatic N) is 1. The second-order valence-electron chi connectivity index (χ2n) is 8.17. The summed E-state index contributed by atoms with van der Waals surface area (Å²) in [6, 6.07) is 16.8. The van der Waals surface area contributed by atoms with Gasteiger partial charge in [-0.25, -0.2) is 9.59 Å². The largest absolute Gasteiger partial charge is 0.464 e. The number of rotatable bonds is 11. The van der Waals surface area contributed by atoms with Crippen molar-refractivity contribution in [1.29, 1.82) is 0 Å². The minimum Gasteiger partial charge on any atom is -0.464 e. The third-order valence-corrected chi connectivity index (χ3v) is 5.54. The van der Waals surface area contributed by atoms with Gasteiger partial charge in [0, 0.05) is 26.1 Å². The van der Waals surface area contributed by atoms with Gasteiger partial charge in [-0.3, -0.25) is 9.69 Å². The highest BCUT2D eigenvalue weighted by Crippen LogP contribution is 2.07. The molecular formula is C26H33N3O6. The molecule has 0 aromatic heterocycles. The molecule has 0 spiro atoms. The van der Waals surface area contributed by atoms with Gasteiger partial charge in [-0.1, -0.05) is 60.7 Å². The highest BCUT2D eigenvalue weighted by Gasteiger charge is 2.30. The average molecular weight is 484 g/mol. The number of amides is 2. The fourth-order valence-corrected chi connectivity index (χ4v) is 3.70. The van der Waals surface area contributed by atoms with Gasteiger partial charge in [0.15, 0.2) is 0 Å². The Morgan fingerprint density at radius 1 is 0.886 bits per heavy atom. The predicted molar refractivity (Wildman–Crippen MR) is 130 cm³/mol. The second-order valence-corrected chi connectivity index (χ2v) is 8.17. The topological polar surface area (TPSA) is 106 Å². The van der Waals surface area contributed by atoms with Crippen LogP contribution >= 0.6 is 0 Å². The smallest absolute Gasteiger partial charge is 0.408 e. The summed E-state index contributed by atoms with van der Waals surface area (Å²) >= 11 is 0. The van der Waals surface area contributed by atoms with Crippen LogP contribution in [0.5, 0.6) is 0 Å². The van der Waals surface area contributed by atoms with Gasteiger partial charge in [-0.05, 0) is 18.1 Å². The summed E-state index contributed by atoms with van der Waals surface area (Å²) in [6.07, 6.45) is -0.481. The van der Waals surface area contributed by atoms with E-state index in [4.69, 9.17) is 14.2 Å². The molecule has 2 amide bonds. The minimum atomic E-state index is -0.942. The number of hydrogen-bond acceptors (Lipinski definition) is 7. The molecule has 1 aliphatic heterocycles. The van der Waals surface area contributed by atoms with Crippen LogP contribution in [0.3, 0.4) is 0 Å². The standard InChI is InChI=1S/C26H33N3O6/c1-2-34-25(31)23(18-29-13-15-33-16-14-29)27-24(30)22(17-20-9-5-3-6-10-20)28-26(32)35-19-21-11-7-4-8-12-21/h3-12,22-23H,2,13-19H2,1H3,(H,27,30)(H,28,32). The highest BCUT2D eigenvalue weighted by molar-refractivity contribution is 5.90. The van der Waals surface area contributed by atoms with Crippen LogP contribution in [0, 0.1) is 0 Å². The maximum Gasteiger partial charge on any atom is 0.408 e. The molecule has 35 heavy (non-hydrogen) atoms. The number of benzene rings is 2. The molecule has 2 aromatic carbocycles. The van der Waals surface area contributed by atoms with Crippen molar-refractivity contribution in [3.05, 3.63) is 71.8 Å². The lowest BCUT2D eigenvalue weighted by atomic mass is 10.0. The Hall–Kier alpha value is -3.43. The van der Waals surface area contributed by atoms with Crippen molar-refractivity contribution in [3.8, 4) is 0 Å². The van der Waals surface area contributed by atoms with Gasteiger partial charge in [0.2, 0.25) is 5.91 Å². The number of nitrogens with one attached hydrogen (secondary N) is 2. The molecule has 1 heterocycles. The third kappa shape index (κ3) is 9.03. The number of carbonyl (C=O) groups excluding carboxylic acids is 3. The SMILES string of the molecule is CCOC(=O)C(CN1CCOCC1)NC(=O)C(Cc1ccccc1)NC(=O)OCc1ccccc1. The Labute approximate surface area is 205 Å². The number of esters is 1. The lowest BCUT2D eigenvalue weighted by Crippen LogP contribution is -2.56. The molecule has 9 heteroatoms. The van der Waals surface area contributed by atoms with E-state index in [1.165, 1.54) is 0 Å². The molecule has 2 atom stereocenters. The first-order chi connectivity index (χ1) is 17.0. The molecule has 0 aliphatic carbocycles. The number of carbonyl (C=O) groups is 3. The molecule has 1 saturated heterocycles. The van der Waals surface area contributed by atoms with Crippen molar-refractivity contribution in [3.63, 3.8) is 0 Å². The van der Waals surface area contributed by atoms with E-state index < -0.39 is 30.1 Å². The Morgan fingerprint density at radius 3 is 2.14 bits per heavy atom.